The predicted octanol–water partition coefficient (Wildman–Crippen LogP) is 5.95. The first-order chi connectivity index (χ1) is 19.7. The van der Waals surface area contributed by atoms with E-state index >= 15 is 0 Å². The maximum absolute atomic E-state index is 11.0. The summed E-state index contributed by atoms with van der Waals surface area (Å²) in [6, 6.07) is 39.5. The first-order valence-corrected chi connectivity index (χ1v) is 13.5. The molecule has 4 atom stereocenters. The molecule has 0 unspecified atom stereocenters. The van der Waals surface area contributed by atoms with Crippen LogP contribution in [-0.4, -0.2) is 36.1 Å². The molecule has 0 saturated heterocycles. The van der Waals surface area contributed by atoms with Gasteiger partial charge in [-0.25, -0.2) is 0 Å². The molecule has 5 nitrogen and oxygen atoms in total. The van der Waals surface area contributed by atoms with Crippen molar-refractivity contribution in [2.24, 2.45) is 0 Å². The van der Waals surface area contributed by atoms with Crippen molar-refractivity contribution in [3.8, 4) is 12.3 Å². The van der Waals surface area contributed by atoms with Gasteiger partial charge in [0.05, 0.1) is 33.0 Å². The fourth-order valence-electron chi connectivity index (χ4n) is 4.29. The van der Waals surface area contributed by atoms with E-state index in [1.165, 1.54) is 0 Å². The fraction of sp³-hybridized carbons (Fsp3) is 0.257. The molecule has 0 saturated carbocycles. The van der Waals surface area contributed by atoms with E-state index in [4.69, 9.17) is 25.4 Å². The Morgan fingerprint density at radius 1 is 0.525 bits per heavy atom. The van der Waals surface area contributed by atoms with Crippen LogP contribution >= 0.6 is 0 Å². The predicted molar refractivity (Wildman–Crippen MR) is 156 cm³/mol. The molecule has 0 aliphatic heterocycles. The summed E-state index contributed by atoms with van der Waals surface area (Å²) in [6.07, 6.45) is 2.32. The minimum Gasteiger partial charge on any atom is -0.378 e. The number of rotatable bonds is 16. The van der Waals surface area contributed by atoms with Crippen molar-refractivity contribution in [1.29, 1.82) is 0 Å². The summed E-state index contributed by atoms with van der Waals surface area (Å²) in [5.41, 5.74) is 4.00. The third kappa shape index (κ3) is 9.46. The number of aliphatic hydroxyl groups excluding tert-OH is 1. The normalized spacial score (nSPS) is 14.1. The summed E-state index contributed by atoms with van der Waals surface area (Å²) in [7, 11) is 0. The molecule has 1 N–H and O–H groups in total. The summed E-state index contributed by atoms with van der Waals surface area (Å²) in [4.78, 5) is 0. The Morgan fingerprint density at radius 3 is 1.32 bits per heavy atom. The average Bonchev–Trinajstić information content (AvgIpc) is 3.02. The van der Waals surface area contributed by atoms with E-state index in [2.05, 4.69) is 5.92 Å². The highest BCUT2D eigenvalue weighted by Gasteiger charge is 2.37. The summed E-state index contributed by atoms with van der Waals surface area (Å²) in [5, 5.41) is 11.0. The maximum Gasteiger partial charge on any atom is 0.143 e. The van der Waals surface area contributed by atoms with Crippen LogP contribution in [0.4, 0.5) is 0 Å². The first-order valence-electron chi connectivity index (χ1n) is 13.5. The molecule has 0 radical (unpaired) electrons. The van der Waals surface area contributed by atoms with E-state index in [1.807, 2.05) is 121 Å². The van der Waals surface area contributed by atoms with Gasteiger partial charge in [0.25, 0.3) is 0 Å². The number of terminal acetylenes is 1. The van der Waals surface area contributed by atoms with Gasteiger partial charge in [-0.2, -0.15) is 0 Å². The van der Waals surface area contributed by atoms with Crippen LogP contribution in [0, 0.1) is 12.3 Å². The summed E-state index contributed by atoms with van der Waals surface area (Å²) < 4.78 is 25.3. The molecule has 206 valence electrons. The highest BCUT2D eigenvalue weighted by molar-refractivity contribution is 5.16. The highest BCUT2D eigenvalue weighted by Crippen LogP contribution is 2.22. The molecule has 0 heterocycles. The van der Waals surface area contributed by atoms with E-state index in [9.17, 15) is 5.11 Å². The van der Waals surface area contributed by atoms with Crippen molar-refractivity contribution in [2.75, 3.05) is 6.61 Å². The van der Waals surface area contributed by atoms with Crippen LogP contribution in [0.3, 0.4) is 0 Å². The summed E-state index contributed by atoms with van der Waals surface area (Å²) in [5.74, 6) is 2.44. The molecule has 0 bridgehead atoms. The molecule has 4 rings (SSSR count). The van der Waals surface area contributed by atoms with Crippen LogP contribution in [0.1, 0.15) is 22.3 Å². The van der Waals surface area contributed by atoms with Crippen molar-refractivity contribution in [1.82, 2.24) is 0 Å². The van der Waals surface area contributed by atoms with E-state index in [1.54, 1.807) is 0 Å². The van der Waals surface area contributed by atoms with Crippen LogP contribution in [0.15, 0.2) is 121 Å². The zero-order valence-electron chi connectivity index (χ0n) is 22.5. The third-order valence-corrected chi connectivity index (χ3v) is 6.44. The minimum atomic E-state index is -1.22. The molecule has 4 aromatic carbocycles. The molecular weight excluding hydrogens is 500 g/mol. The van der Waals surface area contributed by atoms with Crippen molar-refractivity contribution >= 4 is 0 Å². The second kappa shape index (κ2) is 16.4. The maximum atomic E-state index is 11.0. The van der Waals surface area contributed by atoms with Gasteiger partial charge in [-0.15, -0.1) is 6.42 Å². The van der Waals surface area contributed by atoms with Crippen LogP contribution in [0.2, 0.25) is 0 Å². The molecule has 5 heteroatoms. The van der Waals surface area contributed by atoms with Gasteiger partial charge in [0.2, 0.25) is 0 Å². The Balaban J connectivity index is 1.58. The van der Waals surface area contributed by atoms with Gasteiger partial charge in [0.1, 0.15) is 24.4 Å². The van der Waals surface area contributed by atoms with Crippen LogP contribution in [0.5, 0.6) is 0 Å². The van der Waals surface area contributed by atoms with Crippen molar-refractivity contribution in [2.45, 2.75) is 50.8 Å². The topological polar surface area (TPSA) is 57.2 Å². The number of hydrogen-bond acceptors (Lipinski definition) is 5. The molecule has 40 heavy (non-hydrogen) atoms. The van der Waals surface area contributed by atoms with Crippen LogP contribution in [-0.2, 0) is 45.4 Å². The molecule has 4 aromatic rings. The smallest absolute Gasteiger partial charge is 0.143 e. The minimum absolute atomic E-state index is 0.212. The van der Waals surface area contributed by atoms with Gasteiger partial charge in [-0.3, -0.25) is 0 Å². The van der Waals surface area contributed by atoms with E-state index < -0.39 is 24.4 Å². The molecule has 0 fully saturated rings. The lowest BCUT2D eigenvalue weighted by Gasteiger charge is -2.34. The standard InChI is InChI=1S/C35H36O5/c1-2-32(36)34(39-25-30-19-11-5-12-20-30)35(40-26-31-21-13-6-14-22-31)33(38-24-29-17-9-4-10-18-29)27-37-23-28-15-7-3-8-16-28/h1,3-22,32-36H,23-27H2/t32-,33-,34-,35-/m1/s1. The third-order valence-electron chi connectivity index (χ3n) is 6.44. The van der Waals surface area contributed by atoms with Gasteiger partial charge in [0.15, 0.2) is 0 Å². The Hall–Kier alpha value is -3.76. The van der Waals surface area contributed by atoms with Crippen molar-refractivity contribution < 1.29 is 24.1 Å². The van der Waals surface area contributed by atoms with E-state index in [-0.39, 0.29) is 19.8 Å². The average molecular weight is 537 g/mol. The SMILES string of the molecule is C#C[C@@H](O)[C@@H](OCc1ccccc1)[C@H](OCc1ccccc1)[C@@H](COCc1ccccc1)OCc1ccccc1. The van der Waals surface area contributed by atoms with Gasteiger partial charge >= 0.3 is 0 Å². The van der Waals surface area contributed by atoms with E-state index in [0.29, 0.717) is 13.2 Å². The Kier molecular flexibility index (Phi) is 12.0. The van der Waals surface area contributed by atoms with E-state index in [0.717, 1.165) is 22.3 Å². The summed E-state index contributed by atoms with van der Waals surface area (Å²) >= 11 is 0. The lowest BCUT2D eigenvalue weighted by atomic mass is 10.0. The monoisotopic (exact) mass is 536 g/mol. The molecule has 0 aliphatic rings. The first kappa shape index (κ1) is 29.2. The Morgan fingerprint density at radius 2 is 0.900 bits per heavy atom. The quantitative estimate of drug-likeness (QED) is 0.179. The largest absolute Gasteiger partial charge is 0.378 e. The molecule has 0 aliphatic carbocycles. The van der Waals surface area contributed by atoms with Crippen molar-refractivity contribution in [3.05, 3.63) is 144 Å². The number of hydrogen-bond donors (Lipinski definition) is 1. The van der Waals surface area contributed by atoms with Crippen molar-refractivity contribution in [3.63, 3.8) is 0 Å². The molecule has 0 amide bonds. The fourth-order valence-corrected chi connectivity index (χ4v) is 4.29. The Bertz CT molecular complexity index is 1260. The van der Waals surface area contributed by atoms with Gasteiger partial charge in [0, 0.05) is 0 Å². The van der Waals surface area contributed by atoms with Gasteiger partial charge in [-0.05, 0) is 22.3 Å². The second-order valence-electron chi connectivity index (χ2n) is 9.47. The lowest BCUT2D eigenvalue weighted by molar-refractivity contribution is -0.184. The zero-order valence-corrected chi connectivity index (χ0v) is 22.5. The molecule has 0 aromatic heterocycles. The van der Waals surface area contributed by atoms with Crippen LogP contribution in [0.25, 0.3) is 0 Å². The summed E-state index contributed by atoms with van der Waals surface area (Å²) in [6.45, 7) is 1.50. The number of benzene rings is 4. The molecular formula is C35H36O5. The molecule has 0 spiro atoms. The lowest BCUT2D eigenvalue weighted by Crippen LogP contribution is -2.50. The number of aliphatic hydroxyl groups is 1. The van der Waals surface area contributed by atoms with Gasteiger partial charge < -0.3 is 24.1 Å². The Labute approximate surface area is 237 Å². The number of ether oxygens (including phenoxy) is 4. The van der Waals surface area contributed by atoms with Gasteiger partial charge in [-0.1, -0.05) is 127 Å². The second-order valence-corrected chi connectivity index (χ2v) is 9.47. The zero-order chi connectivity index (χ0) is 27.8. The van der Waals surface area contributed by atoms with Crippen LogP contribution < -0.4 is 0 Å². The highest BCUT2D eigenvalue weighted by atomic mass is 16.6.